The summed E-state index contributed by atoms with van der Waals surface area (Å²) >= 11 is 0. The lowest BCUT2D eigenvalue weighted by Crippen LogP contribution is -2.24. The fourth-order valence-electron chi connectivity index (χ4n) is 1.72. The van der Waals surface area contributed by atoms with Crippen LogP contribution in [0.3, 0.4) is 0 Å². The van der Waals surface area contributed by atoms with Crippen molar-refractivity contribution in [3.05, 3.63) is 29.8 Å². The maximum absolute atomic E-state index is 5.66. The molecule has 0 saturated carbocycles. The average molecular weight is 286 g/mol. The Kier molecular flexibility index (Phi) is 9.72. The predicted molar refractivity (Wildman–Crippen MR) is 85.6 cm³/mol. The highest BCUT2D eigenvalue weighted by Crippen LogP contribution is 2.15. The van der Waals surface area contributed by atoms with E-state index in [1.807, 2.05) is 0 Å². The zero-order valence-corrected chi connectivity index (χ0v) is 13.5. The number of unbranched alkanes of at least 4 members (excludes halogenated alkanes) is 1. The largest absolute Gasteiger partial charge is 0.494 e. The fourth-order valence-corrected chi connectivity index (χ4v) is 1.72. The minimum absolute atomic E-state index is 0. The fraction of sp³-hybridized carbons (Fsp3) is 0.625. The highest BCUT2D eigenvalue weighted by atomic mass is 35.5. The first kappa shape index (κ1) is 18.3. The van der Waals surface area contributed by atoms with Crippen LogP contribution in [0.25, 0.3) is 0 Å². The monoisotopic (exact) mass is 285 g/mol. The number of benzene rings is 1. The van der Waals surface area contributed by atoms with Gasteiger partial charge in [0.05, 0.1) is 6.61 Å². The normalized spacial score (nSPS) is 12.1. The lowest BCUT2D eigenvalue weighted by molar-refractivity contribution is 0.298. The number of hydrogen-bond acceptors (Lipinski definition) is 2. The molecular weight excluding hydrogens is 258 g/mol. The Bertz CT molecular complexity index is 324. The molecule has 0 spiro atoms. The number of hydrogen-bond donors (Lipinski definition) is 0. The molecule has 1 aromatic carbocycles. The molecule has 0 N–H and O–H groups in total. The Hall–Kier alpha value is -0.730. The molecule has 0 heterocycles. The van der Waals surface area contributed by atoms with Crippen LogP contribution < -0.4 is 4.74 Å². The third-order valence-corrected chi connectivity index (χ3v) is 3.42. The molecule has 19 heavy (non-hydrogen) atoms. The van der Waals surface area contributed by atoms with Crippen LogP contribution in [-0.4, -0.2) is 31.6 Å². The molecular formula is C16H28ClNO. The number of halogens is 1. The van der Waals surface area contributed by atoms with Gasteiger partial charge in [0.1, 0.15) is 5.75 Å². The second kappa shape index (κ2) is 10.1. The first-order valence-corrected chi connectivity index (χ1v) is 7.01. The highest BCUT2D eigenvalue weighted by Gasteiger charge is 2.04. The molecule has 0 radical (unpaired) electrons. The summed E-state index contributed by atoms with van der Waals surface area (Å²) < 4.78 is 5.66. The van der Waals surface area contributed by atoms with Gasteiger partial charge in [-0.1, -0.05) is 25.5 Å². The van der Waals surface area contributed by atoms with E-state index in [9.17, 15) is 0 Å². The van der Waals surface area contributed by atoms with E-state index in [0.29, 0.717) is 6.04 Å². The minimum Gasteiger partial charge on any atom is -0.494 e. The lowest BCUT2D eigenvalue weighted by Gasteiger charge is -2.19. The second-order valence-corrected chi connectivity index (χ2v) is 5.20. The average Bonchev–Trinajstić information content (AvgIpc) is 2.37. The third-order valence-electron chi connectivity index (χ3n) is 3.42. The number of aryl methyl sites for hydroxylation is 1. The van der Waals surface area contributed by atoms with Gasteiger partial charge in [-0.3, -0.25) is 0 Å². The topological polar surface area (TPSA) is 12.5 Å². The summed E-state index contributed by atoms with van der Waals surface area (Å²) in [5.74, 6) is 0.993. The Morgan fingerprint density at radius 3 is 2.32 bits per heavy atom. The molecule has 1 atom stereocenters. The smallest absolute Gasteiger partial charge is 0.119 e. The van der Waals surface area contributed by atoms with E-state index >= 15 is 0 Å². The van der Waals surface area contributed by atoms with Crippen molar-refractivity contribution in [3.63, 3.8) is 0 Å². The molecule has 0 aliphatic carbocycles. The zero-order valence-electron chi connectivity index (χ0n) is 12.7. The van der Waals surface area contributed by atoms with E-state index in [4.69, 9.17) is 4.74 Å². The number of rotatable bonds is 8. The quantitative estimate of drug-likeness (QED) is 0.665. The molecule has 1 rings (SSSR count). The van der Waals surface area contributed by atoms with Gasteiger partial charge in [0, 0.05) is 6.04 Å². The first-order valence-electron chi connectivity index (χ1n) is 7.01. The Balaban J connectivity index is 0.00000324. The molecule has 1 unspecified atom stereocenters. The molecule has 0 bridgehead atoms. The van der Waals surface area contributed by atoms with Gasteiger partial charge < -0.3 is 9.64 Å². The van der Waals surface area contributed by atoms with Gasteiger partial charge in [0.25, 0.3) is 0 Å². The number of ether oxygens (including phenoxy) is 1. The maximum Gasteiger partial charge on any atom is 0.119 e. The molecule has 1 aromatic rings. The van der Waals surface area contributed by atoms with Crippen molar-refractivity contribution < 1.29 is 4.74 Å². The van der Waals surface area contributed by atoms with Crippen LogP contribution in [0, 0.1) is 0 Å². The van der Waals surface area contributed by atoms with E-state index in [-0.39, 0.29) is 12.4 Å². The summed E-state index contributed by atoms with van der Waals surface area (Å²) in [7, 11) is 4.27. The standard InChI is InChI=1S/C16H27NO.ClH/c1-5-6-13-18-16-11-9-15(10-12-16)8-7-14(2)17(3)4;/h9-12,14H,5-8,13H2,1-4H3;1H. The van der Waals surface area contributed by atoms with Crippen LogP contribution in [0.15, 0.2) is 24.3 Å². The van der Waals surface area contributed by atoms with Crippen molar-refractivity contribution in [3.8, 4) is 5.75 Å². The molecule has 0 aliphatic rings. The van der Waals surface area contributed by atoms with Crippen molar-refractivity contribution in [1.82, 2.24) is 4.90 Å². The molecule has 0 aromatic heterocycles. The molecule has 0 fully saturated rings. The van der Waals surface area contributed by atoms with Crippen LogP contribution >= 0.6 is 12.4 Å². The van der Waals surface area contributed by atoms with Crippen LogP contribution in [-0.2, 0) is 6.42 Å². The van der Waals surface area contributed by atoms with E-state index in [1.54, 1.807) is 0 Å². The van der Waals surface area contributed by atoms with Gasteiger partial charge in [-0.05, 0) is 58.0 Å². The molecule has 0 saturated heterocycles. The van der Waals surface area contributed by atoms with Crippen molar-refractivity contribution in [2.75, 3.05) is 20.7 Å². The van der Waals surface area contributed by atoms with Gasteiger partial charge in [-0.15, -0.1) is 12.4 Å². The van der Waals surface area contributed by atoms with Crippen molar-refractivity contribution in [2.45, 2.75) is 45.6 Å². The molecule has 3 heteroatoms. The van der Waals surface area contributed by atoms with Crippen molar-refractivity contribution in [1.29, 1.82) is 0 Å². The molecule has 0 amide bonds. The van der Waals surface area contributed by atoms with E-state index in [0.717, 1.165) is 25.2 Å². The summed E-state index contributed by atoms with van der Waals surface area (Å²) in [5, 5.41) is 0. The van der Waals surface area contributed by atoms with Gasteiger partial charge >= 0.3 is 0 Å². The third kappa shape index (κ3) is 7.44. The SMILES string of the molecule is CCCCOc1ccc(CCC(C)N(C)C)cc1.Cl. The summed E-state index contributed by atoms with van der Waals surface area (Å²) in [5.41, 5.74) is 1.39. The van der Waals surface area contributed by atoms with E-state index in [1.165, 1.54) is 18.4 Å². The first-order chi connectivity index (χ1) is 8.63. The van der Waals surface area contributed by atoms with Gasteiger partial charge in [0.2, 0.25) is 0 Å². The Labute approximate surface area is 124 Å². The predicted octanol–water partition coefficient (Wildman–Crippen LogP) is 4.17. The zero-order chi connectivity index (χ0) is 13.4. The summed E-state index contributed by atoms with van der Waals surface area (Å²) in [4.78, 5) is 2.27. The minimum atomic E-state index is 0. The van der Waals surface area contributed by atoms with Gasteiger partial charge in [0.15, 0.2) is 0 Å². The van der Waals surface area contributed by atoms with Crippen LogP contribution in [0.4, 0.5) is 0 Å². The van der Waals surface area contributed by atoms with E-state index < -0.39 is 0 Å². The Morgan fingerprint density at radius 1 is 1.16 bits per heavy atom. The summed E-state index contributed by atoms with van der Waals surface area (Å²) in [6.07, 6.45) is 4.64. The van der Waals surface area contributed by atoms with Gasteiger partial charge in [-0.25, -0.2) is 0 Å². The lowest BCUT2D eigenvalue weighted by atomic mass is 10.1. The highest BCUT2D eigenvalue weighted by molar-refractivity contribution is 5.85. The Morgan fingerprint density at radius 2 is 1.79 bits per heavy atom. The van der Waals surface area contributed by atoms with Gasteiger partial charge in [-0.2, -0.15) is 0 Å². The second-order valence-electron chi connectivity index (χ2n) is 5.20. The van der Waals surface area contributed by atoms with Crippen LogP contribution in [0.1, 0.15) is 38.7 Å². The van der Waals surface area contributed by atoms with Crippen molar-refractivity contribution in [2.24, 2.45) is 0 Å². The molecule has 110 valence electrons. The number of nitrogens with zero attached hydrogens (tertiary/aromatic N) is 1. The summed E-state index contributed by atoms with van der Waals surface area (Å²) in [6.45, 7) is 5.27. The molecule has 0 aliphatic heterocycles. The maximum atomic E-state index is 5.66. The summed E-state index contributed by atoms with van der Waals surface area (Å²) in [6, 6.07) is 9.18. The van der Waals surface area contributed by atoms with Crippen molar-refractivity contribution >= 4 is 12.4 Å². The van der Waals surface area contributed by atoms with E-state index in [2.05, 4.69) is 57.1 Å². The van der Waals surface area contributed by atoms with Crippen LogP contribution in [0.5, 0.6) is 5.75 Å². The van der Waals surface area contributed by atoms with Crippen LogP contribution in [0.2, 0.25) is 0 Å². The molecule has 2 nitrogen and oxygen atoms in total.